The molecule has 0 amide bonds. The first-order valence-corrected chi connectivity index (χ1v) is 11.2. The summed E-state index contributed by atoms with van der Waals surface area (Å²) in [6.45, 7) is -0.816. The average Bonchev–Trinajstić information content (AvgIpc) is 2.50. The molecule has 1 aromatic carbocycles. The molecule has 1 aromatic rings. The Bertz CT molecular complexity index is 1130. The van der Waals surface area contributed by atoms with Gasteiger partial charge in [0.15, 0.2) is 9.84 Å². The Morgan fingerprint density at radius 1 is 1.08 bits per heavy atom. The number of hydrogen-bond acceptors (Lipinski definition) is 7. The van der Waals surface area contributed by atoms with Crippen molar-refractivity contribution in [3.63, 3.8) is 0 Å². The van der Waals surface area contributed by atoms with E-state index in [0.29, 0.717) is 0 Å². The number of allylic oxidation sites excluding steroid dienone is 1. The zero-order valence-electron chi connectivity index (χ0n) is 12.7. The molecule has 0 bridgehead atoms. The van der Waals surface area contributed by atoms with E-state index in [2.05, 4.69) is 8.97 Å². The fourth-order valence-corrected chi connectivity index (χ4v) is 4.80. The van der Waals surface area contributed by atoms with Crippen molar-refractivity contribution in [1.82, 2.24) is 0 Å². The van der Waals surface area contributed by atoms with Gasteiger partial charge in [0.05, 0.1) is 17.3 Å². The number of fused-ring (bicyclic) bond motifs is 1. The second-order valence-electron chi connectivity index (χ2n) is 5.11. The maximum absolute atomic E-state index is 12.2. The highest BCUT2D eigenvalue weighted by molar-refractivity contribution is 7.91. The van der Waals surface area contributed by atoms with E-state index < -0.39 is 48.0 Å². The topological polar surface area (TPSA) is 189 Å². The number of benzene rings is 1. The Kier molecular flexibility index (Phi) is 5.49. The molecule has 1 atom stereocenters. The van der Waals surface area contributed by atoms with Gasteiger partial charge >= 0.3 is 16.1 Å². The molecule has 1 unspecified atom stereocenters. The predicted molar refractivity (Wildman–Crippen MR) is 87.9 cm³/mol. The van der Waals surface area contributed by atoms with Gasteiger partial charge in [0.2, 0.25) is 5.25 Å². The van der Waals surface area contributed by atoms with Gasteiger partial charge in [-0.1, -0.05) is 6.07 Å². The quantitative estimate of drug-likeness (QED) is 0.357. The molecule has 0 radical (unpaired) electrons. The van der Waals surface area contributed by atoms with Crippen LogP contribution in [-0.4, -0.2) is 57.2 Å². The molecule has 14 heteroatoms. The number of hydrogen-bond donors (Lipinski definition) is 2. The van der Waals surface area contributed by atoms with E-state index in [1.807, 2.05) is 0 Å². The second kappa shape index (κ2) is 7.00. The van der Waals surface area contributed by atoms with Crippen molar-refractivity contribution in [2.45, 2.75) is 10.1 Å². The highest BCUT2D eigenvalue weighted by Crippen LogP contribution is 2.32. The van der Waals surface area contributed by atoms with E-state index in [0.717, 1.165) is 24.3 Å². The van der Waals surface area contributed by atoms with Crippen LogP contribution < -0.4 is 0 Å². The summed E-state index contributed by atoms with van der Waals surface area (Å²) < 4.78 is 90.1. The van der Waals surface area contributed by atoms with Crippen molar-refractivity contribution in [2.75, 3.05) is 12.4 Å². The van der Waals surface area contributed by atoms with Crippen LogP contribution >= 0.6 is 0 Å². The standard InChI is InChI=1S/C12H12N2O9S3/c13-14-11-4-1-8-7-9(2-3-10(8)12(11)25(17,18)19)24(15,16)6-5-23-26(20,21)22/h1-4,7,12H,5-6H2,(H,17,18,19)(H,20,21,22). The summed E-state index contributed by atoms with van der Waals surface area (Å²) in [5.41, 5.74) is 8.66. The van der Waals surface area contributed by atoms with Crippen LogP contribution in [0.3, 0.4) is 0 Å². The monoisotopic (exact) mass is 424 g/mol. The molecular formula is C12H12N2O9S3. The minimum absolute atomic E-state index is 0.00376. The number of nitrogens with zero attached hydrogens (tertiary/aromatic N) is 2. The van der Waals surface area contributed by atoms with Crippen LogP contribution in [0.2, 0.25) is 0 Å². The lowest BCUT2D eigenvalue weighted by molar-refractivity contribution is -0.00612. The van der Waals surface area contributed by atoms with Crippen LogP contribution in [0.15, 0.2) is 29.2 Å². The van der Waals surface area contributed by atoms with Gasteiger partial charge in [-0.2, -0.15) is 21.6 Å². The molecule has 1 aliphatic carbocycles. The average molecular weight is 424 g/mol. The lowest BCUT2D eigenvalue weighted by Gasteiger charge is -2.17. The molecule has 2 rings (SSSR count). The Morgan fingerprint density at radius 3 is 2.27 bits per heavy atom. The first kappa shape index (κ1) is 20.4. The zero-order valence-corrected chi connectivity index (χ0v) is 15.2. The van der Waals surface area contributed by atoms with Crippen molar-refractivity contribution in [2.24, 2.45) is 0 Å². The van der Waals surface area contributed by atoms with Crippen LogP contribution in [0, 0.1) is 0 Å². The summed E-state index contributed by atoms with van der Waals surface area (Å²) >= 11 is 0. The Hall–Kier alpha value is -1.93. The van der Waals surface area contributed by atoms with Crippen molar-refractivity contribution in [3.05, 3.63) is 40.9 Å². The fourth-order valence-electron chi connectivity index (χ4n) is 2.32. The van der Waals surface area contributed by atoms with Gasteiger partial charge in [0, 0.05) is 6.08 Å². The molecule has 11 nitrogen and oxygen atoms in total. The predicted octanol–water partition coefficient (Wildman–Crippen LogP) is -0.0938. The van der Waals surface area contributed by atoms with Gasteiger partial charge < -0.3 is 5.53 Å². The van der Waals surface area contributed by atoms with E-state index in [-0.39, 0.29) is 21.7 Å². The van der Waals surface area contributed by atoms with Crippen molar-refractivity contribution in [3.8, 4) is 0 Å². The smallest absolute Gasteiger partial charge is 0.361 e. The molecule has 0 spiro atoms. The van der Waals surface area contributed by atoms with Gasteiger partial charge in [-0.3, -0.25) is 9.11 Å². The summed E-state index contributed by atoms with van der Waals surface area (Å²) in [7, 11) is -13.5. The van der Waals surface area contributed by atoms with E-state index in [9.17, 15) is 29.8 Å². The summed E-state index contributed by atoms with van der Waals surface area (Å²) in [6, 6.07) is 3.29. The molecule has 142 valence electrons. The molecule has 1 aliphatic rings. The lowest BCUT2D eigenvalue weighted by atomic mass is 9.96. The third-order valence-electron chi connectivity index (χ3n) is 3.40. The molecule has 0 heterocycles. The van der Waals surface area contributed by atoms with Crippen LogP contribution in [0.5, 0.6) is 0 Å². The Balaban J connectivity index is 2.42. The van der Waals surface area contributed by atoms with Crippen LogP contribution in [0.4, 0.5) is 0 Å². The minimum Gasteiger partial charge on any atom is -0.361 e. The van der Waals surface area contributed by atoms with Crippen LogP contribution in [0.25, 0.3) is 11.6 Å². The molecule has 0 saturated heterocycles. The third-order valence-corrected chi connectivity index (χ3v) is 6.63. The molecule has 26 heavy (non-hydrogen) atoms. The van der Waals surface area contributed by atoms with Gasteiger partial charge in [0.25, 0.3) is 10.1 Å². The fraction of sp³-hybridized carbons (Fsp3) is 0.250. The summed E-state index contributed by atoms with van der Waals surface area (Å²) in [5.74, 6) is -0.764. The molecule has 0 aliphatic heterocycles. The van der Waals surface area contributed by atoms with Gasteiger partial charge in [-0.25, -0.2) is 12.6 Å². The maximum Gasteiger partial charge on any atom is 0.397 e. The van der Waals surface area contributed by atoms with Crippen LogP contribution in [0.1, 0.15) is 16.4 Å². The highest BCUT2D eigenvalue weighted by Gasteiger charge is 2.39. The largest absolute Gasteiger partial charge is 0.397 e. The Morgan fingerprint density at radius 2 is 1.73 bits per heavy atom. The SMILES string of the molecule is [N-]=[N+]=C1C=Cc2cc(S(=O)(=O)CCOS(=O)(=O)O)ccc2C1S(=O)(=O)O. The first-order chi connectivity index (χ1) is 11.8. The second-order valence-corrected chi connectivity index (χ2v) is 9.81. The molecular weight excluding hydrogens is 412 g/mol. The normalized spacial score (nSPS) is 17.6. The number of sulfone groups is 1. The van der Waals surface area contributed by atoms with Gasteiger partial charge in [-0.05, 0) is 29.3 Å². The van der Waals surface area contributed by atoms with Crippen molar-refractivity contribution >= 4 is 42.1 Å². The van der Waals surface area contributed by atoms with Gasteiger partial charge in [-0.15, -0.1) is 0 Å². The molecule has 0 saturated carbocycles. The van der Waals surface area contributed by atoms with E-state index in [4.69, 9.17) is 10.1 Å². The summed E-state index contributed by atoms with van der Waals surface area (Å²) in [4.78, 5) is 2.54. The molecule has 0 aromatic heterocycles. The van der Waals surface area contributed by atoms with E-state index in [1.54, 1.807) is 0 Å². The Labute approximate surface area is 149 Å². The van der Waals surface area contributed by atoms with E-state index in [1.165, 1.54) is 6.08 Å². The van der Waals surface area contributed by atoms with E-state index >= 15 is 0 Å². The van der Waals surface area contributed by atoms with Crippen LogP contribution in [-0.2, 0) is 34.5 Å². The number of rotatable bonds is 6. The zero-order chi connectivity index (χ0) is 19.8. The highest BCUT2D eigenvalue weighted by atomic mass is 32.3. The minimum atomic E-state index is -4.78. The first-order valence-electron chi connectivity index (χ1n) is 6.70. The van der Waals surface area contributed by atoms with Crippen molar-refractivity contribution < 1.29 is 43.3 Å². The third kappa shape index (κ3) is 4.62. The maximum atomic E-state index is 12.2. The molecule has 0 fully saturated rings. The van der Waals surface area contributed by atoms with Gasteiger partial charge in [0.1, 0.15) is 0 Å². The summed E-state index contributed by atoms with van der Waals surface area (Å²) in [5, 5.41) is -1.69. The van der Waals surface area contributed by atoms with Crippen molar-refractivity contribution in [1.29, 1.82) is 0 Å². The lowest BCUT2D eigenvalue weighted by Crippen LogP contribution is -2.24. The summed E-state index contributed by atoms with van der Waals surface area (Å²) in [6.07, 6.45) is 2.39. The molecule has 2 N–H and O–H groups in total.